The van der Waals surface area contributed by atoms with Crippen molar-refractivity contribution in [1.82, 2.24) is 0 Å². The number of carbonyl (C=O) groups excluding carboxylic acids is 3. The Kier molecular flexibility index (Phi) is 3.12. The van der Waals surface area contributed by atoms with Crippen LogP contribution in [0, 0.1) is 39.9 Å². The molecular weight excluding hydrogens is 332 g/mol. The second kappa shape index (κ2) is 4.86. The van der Waals surface area contributed by atoms with Crippen LogP contribution in [-0.4, -0.2) is 35.9 Å². The van der Waals surface area contributed by atoms with Crippen molar-refractivity contribution in [2.24, 2.45) is 39.9 Å². The first-order chi connectivity index (χ1) is 12.3. The fourth-order valence-electron chi connectivity index (χ4n) is 7.82. The SMILES string of the molecule is C=C1C(=O)C23CC[C@H]1CC2[C@@]12CCC[C@@](C)(COC1=O)C2[C@H](CO)C3=O. The number of Topliss-reactive ketones (excluding diaryl/α,β-unsaturated/α-hetero) is 2. The Hall–Kier alpha value is -1.49. The first-order valence-electron chi connectivity index (χ1n) is 9.89. The molecule has 0 aromatic rings. The number of hydrogen-bond donors (Lipinski definition) is 1. The molecule has 5 aliphatic carbocycles. The van der Waals surface area contributed by atoms with Gasteiger partial charge in [0.2, 0.25) is 0 Å². The molecule has 0 aromatic heterocycles. The van der Waals surface area contributed by atoms with Crippen LogP contribution in [0.4, 0.5) is 0 Å². The summed E-state index contributed by atoms with van der Waals surface area (Å²) < 4.78 is 5.69. The van der Waals surface area contributed by atoms with Crippen molar-refractivity contribution in [2.75, 3.05) is 13.2 Å². The molecule has 1 aliphatic heterocycles. The second-order valence-corrected chi connectivity index (χ2v) is 9.60. The van der Waals surface area contributed by atoms with E-state index in [1.807, 2.05) is 0 Å². The predicted molar refractivity (Wildman–Crippen MR) is 91.8 cm³/mol. The average molecular weight is 358 g/mol. The van der Waals surface area contributed by atoms with Gasteiger partial charge in [0.15, 0.2) is 11.6 Å². The van der Waals surface area contributed by atoms with Crippen LogP contribution in [0.5, 0.6) is 0 Å². The van der Waals surface area contributed by atoms with Gasteiger partial charge in [0.05, 0.1) is 24.0 Å². The molecule has 0 aromatic carbocycles. The monoisotopic (exact) mass is 358 g/mol. The Balaban J connectivity index is 1.78. The molecule has 26 heavy (non-hydrogen) atoms. The lowest BCUT2D eigenvalue weighted by Crippen LogP contribution is -2.75. The highest BCUT2D eigenvalue weighted by atomic mass is 16.5. The minimum Gasteiger partial charge on any atom is -0.465 e. The van der Waals surface area contributed by atoms with E-state index in [0.29, 0.717) is 31.4 Å². The van der Waals surface area contributed by atoms with E-state index in [2.05, 4.69) is 13.5 Å². The Bertz CT molecular complexity index is 756. The number of allylic oxidation sites excluding steroid dienone is 1. The maximum absolute atomic E-state index is 13.7. The van der Waals surface area contributed by atoms with E-state index in [0.717, 1.165) is 19.3 Å². The maximum atomic E-state index is 13.7. The highest BCUT2D eigenvalue weighted by molar-refractivity contribution is 6.17. The molecule has 140 valence electrons. The van der Waals surface area contributed by atoms with Crippen molar-refractivity contribution in [3.8, 4) is 0 Å². The van der Waals surface area contributed by atoms with E-state index in [1.165, 1.54) is 0 Å². The standard InChI is InChI=1S/C21H26O5/c1-11-12-4-7-21(16(11)23)14(8-12)20-6-3-5-19(2,10-26-18(20)25)15(20)13(9-22)17(21)24/h12-15,22H,1,3-10H2,2H3/t12-,13-,14?,15?,19-,20+,21?/m0/s1. The van der Waals surface area contributed by atoms with Gasteiger partial charge in [0, 0.05) is 11.3 Å². The number of cyclic esters (lactones) is 1. The predicted octanol–water partition coefficient (Wildman–Crippen LogP) is 2.07. The molecule has 7 atom stereocenters. The van der Waals surface area contributed by atoms with Crippen molar-refractivity contribution in [2.45, 2.75) is 45.4 Å². The first-order valence-corrected chi connectivity index (χ1v) is 9.89. The summed E-state index contributed by atoms with van der Waals surface area (Å²) in [6, 6.07) is 0. The number of ketones is 2. The minimum absolute atomic E-state index is 0.0748. The molecule has 4 bridgehead atoms. The number of hydrogen-bond acceptors (Lipinski definition) is 5. The Morgan fingerprint density at radius 3 is 2.73 bits per heavy atom. The molecule has 1 spiro atoms. The summed E-state index contributed by atoms with van der Waals surface area (Å²) in [7, 11) is 0. The van der Waals surface area contributed by atoms with E-state index in [4.69, 9.17) is 4.74 Å². The number of aliphatic hydroxyl groups is 1. The van der Waals surface area contributed by atoms with Crippen molar-refractivity contribution in [3.05, 3.63) is 12.2 Å². The molecule has 0 amide bonds. The zero-order chi connectivity index (χ0) is 18.5. The van der Waals surface area contributed by atoms with Crippen molar-refractivity contribution in [1.29, 1.82) is 0 Å². The van der Waals surface area contributed by atoms with Gasteiger partial charge in [0.1, 0.15) is 0 Å². The molecule has 1 N–H and O–H groups in total. The topological polar surface area (TPSA) is 80.7 Å². The highest BCUT2D eigenvalue weighted by Gasteiger charge is 2.78. The van der Waals surface area contributed by atoms with Gasteiger partial charge in [0.25, 0.3) is 0 Å². The van der Waals surface area contributed by atoms with Crippen LogP contribution in [0.2, 0.25) is 0 Å². The molecule has 5 saturated carbocycles. The summed E-state index contributed by atoms with van der Waals surface area (Å²) in [5, 5.41) is 10.2. The van der Waals surface area contributed by atoms with Crippen molar-refractivity contribution in [3.63, 3.8) is 0 Å². The van der Waals surface area contributed by atoms with Crippen molar-refractivity contribution < 1.29 is 24.2 Å². The van der Waals surface area contributed by atoms with Crippen LogP contribution in [0.15, 0.2) is 12.2 Å². The molecule has 6 aliphatic rings. The van der Waals surface area contributed by atoms with Crippen LogP contribution in [0.1, 0.15) is 45.4 Å². The van der Waals surface area contributed by atoms with Crippen molar-refractivity contribution >= 4 is 17.5 Å². The number of esters is 1. The summed E-state index contributed by atoms with van der Waals surface area (Å²) in [5.41, 5.74) is -1.71. The third kappa shape index (κ3) is 1.53. The van der Waals surface area contributed by atoms with Gasteiger partial charge in [-0.3, -0.25) is 14.4 Å². The quantitative estimate of drug-likeness (QED) is 0.441. The van der Waals surface area contributed by atoms with E-state index < -0.39 is 16.7 Å². The molecule has 5 heteroatoms. The molecule has 0 radical (unpaired) electrons. The normalized spacial score (nSPS) is 52.4. The number of carbonyl (C=O) groups is 3. The molecular formula is C21H26O5. The second-order valence-electron chi connectivity index (χ2n) is 9.60. The van der Waals surface area contributed by atoms with Gasteiger partial charge in [-0.1, -0.05) is 19.9 Å². The van der Waals surface area contributed by atoms with Crippen LogP contribution in [-0.2, 0) is 19.1 Å². The third-order valence-electron chi connectivity index (χ3n) is 8.75. The van der Waals surface area contributed by atoms with Crippen LogP contribution in [0.25, 0.3) is 0 Å². The lowest BCUT2D eigenvalue weighted by atomic mass is 9.33. The molecule has 1 saturated heterocycles. The summed E-state index contributed by atoms with van der Waals surface area (Å²) in [6.07, 6.45) is 4.40. The summed E-state index contributed by atoms with van der Waals surface area (Å²) in [6.45, 7) is 6.09. The first kappa shape index (κ1) is 16.7. The Morgan fingerprint density at radius 2 is 2.00 bits per heavy atom. The average Bonchev–Trinajstić information content (AvgIpc) is 2.63. The number of ether oxygens (including phenoxy) is 1. The van der Waals surface area contributed by atoms with Gasteiger partial charge in [-0.05, 0) is 55.4 Å². The summed E-state index contributed by atoms with van der Waals surface area (Å²) >= 11 is 0. The van der Waals surface area contributed by atoms with Gasteiger partial charge in [-0.25, -0.2) is 0 Å². The van der Waals surface area contributed by atoms with Gasteiger partial charge >= 0.3 is 5.97 Å². The van der Waals surface area contributed by atoms with E-state index in [1.54, 1.807) is 0 Å². The lowest BCUT2D eigenvalue weighted by molar-refractivity contribution is -0.243. The number of aliphatic hydroxyl groups excluding tert-OH is 1. The van der Waals surface area contributed by atoms with E-state index in [-0.39, 0.29) is 47.3 Å². The fourth-order valence-corrected chi connectivity index (χ4v) is 7.82. The zero-order valence-electron chi connectivity index (χ0n) is 15.3. The van der Waals surface area contributed by atoms with Gasteiger partial charge in [-0.15, -0.1) is 0 Å². The highest BCUT2D eigenvalue weighted by Crippen LogP contribution is 2.72. The zero-order valence-corrected chi connectivity index (χ0v) is 15.3. The van der Waals surface area contributed by atoms with Crippen LogP contribution in [0.3, 0.4) is 0 Å². The lowest BCUT2D eigenvalue weighted by Gasteiger charge is -2.68. The van der Waals surface area contributed by atoms with Crippen LogP contribution < -0.4 is 0 Å². The number of rotatable bonds is 1. The fraction of sp³-hybridized carbons (Fsp3) is 0.762. The Morgan fingerprint density at radius 1 is 1.23 bits per heavy atom. The third-order valence-corrected chi connectivity index (χ3v) is 8.75. The maximum Gasteiger partial charge on any atom is 0.312 e. The molecule has 6 fully saturated rings. The van der Waals surface area contributed by atoms with Gasteiger partial charge in [-0.2, -0.15) is 0 Å². The number of fused-ring (bicyclic) bond motifs is 2. The Labute approximate surface area is 153 Å². The summed E-state index contributed by atoms with van der Waals surface area (Å²) in [5.74, 6) is -1.62. The summed E-state index contributed by atoms with van der Waals surface area (Å²) in [4.78, 5) is 40.2. The smallest absolute Gasteiger partial charge is 0.312 e. The van der Waals surface area contributed by atoms with Gasteiger partial charge < -0.3 is 9.84 Å². The molecule has 6 rings (SSSR count). The van der Waals surface area contributed by atoms with Crippen LogP contribution >= 0.6 is 0 Å². The van der Waals surface area contributed by atoms with E-state index in [9.17, 15) is 19.5 Å². The molecule has 5 nitrogen and oxygen atoms in total. The van der Waals surface area contributed by atoms with E-state index >= 15 is 0 Å². The molecule has 3 unspecified atom stereocenters. The molecule has 1 heterocycles. The minimum atomic E-state index is -1.16. The largest absolute Gasteiger partial charge is 0.465 e.